The van der Waals surface area contributed by atoms with E-state index >= 15 is 0 Å². The molecule has 0 saturated heterocycles. The van der Waals surface area contributed by atoms with E-state index in [9.17, 15) is 10.1 Å². The number of nitro groups is 1. The fraction of sp³-hybridized carbons (Fsp3) is 0.571. The van der Waals surface area contributed by atoms with Gasteiger partial charge in [0.2, 0.25) is 0 Å². The van der Waals surface area contributed by atoms with Gasteiger partial charge >= 0.3 is 0 Å². The molecule has 0 amide bonds. The zero-order chi connectivity index (χ0) is 14.0. The predicted molar refractivity (Wildman–Crippen MR) is 76.4 cm³/mol. The van der Waals surface area contributed by atoms with E-state index in [2.05, 4.69) is 19.2 Å². The topological polar surface area (TPSA) is 55.2 Å². The van der Waals surface area contributed by atoms with Gasteiger partial charge in [-0.15, -0.1) is 0 Å². The summed E-state index contributed by atoms with van der Waals surface area (Å²) in [5.74, 6) is 0. The van der Waals surface area contributed by atoms with Gasteiger partial charge < -0.3 is 5.32 Å². The van der Waals surface area contributed by atoms with Gasteiger partial charge in [0.05, 0.1) is 4.92 Å². The summed E-state index contributed by atoms with van der Waals surface area (Å²) in [5.41, 5.74) is 1.16. The molecular formula is C14H19ClN2O2. The standard InChI is InChI=1S/C14H19ClN2O2/c1-14(2)7-3-4-13(14)16-9-10-8-11(17(18)19)5-6-12(10)15/h5-6,8,13,16H,3-4,7,9H2,1-2H3. The minimum atomic E-state index is -0.390. The maximum absolute atomic E-state index is 10.8. The molecule has 0 aliphatic heterocycles. The van der Waals surface area contributed by atoms with Crippen molar-refractivity contribution in [2.45, 2.75) is 45.7 Å². The first-order valence-electron chi connectivity index (χ1n) is 6.56. The van der Waals surface area contributed by atoms with E-state index < -0.39 is 0 Å². The summed E-state index contributed by atoms with van der Waals surface area (Å²) >= 11 is 6.09. The number of hydrogen-bond acceptors (Lipinski definition) is 3. The van der Waals surface area contributed by atoms with Gasteiger partial charge in [-0.1, -0.05) is 31.9 Å². The van der Waals surface area contributed by atoms with Crippen molar-refractivity contribution in [3.8, 4) is 0 Å². The van der Waals surface area contributed by atoms with Crippen LogP contribution in [0.2, 0.25) is 5.02 Å². The van der Waals surface area contributed by atoms with Crippen LogP contribution < -0.4 is 5.32 Å². The Kier molecular flexibility index (Phi) is 4.11. The zero-order valence-corrected chi connectivity index (χ0v) is 12.0. The normalized spacial score (nSPS) is 21.5. The molecule has 5 heteroatoms. The highest BCUT2D eigenvalue weighted by Crippen LogP contribution is 2.37. The molecule has 0 aromatic heterocycles. The maximum Gasteiger partial charge on any atom is 0.269 e. The molecular weight excluding hydrogens is 264 g/mol. The van der Waals surface area contributed by atoms with Gasteiger partial charge in [-0.3, -0.25) is 10.1 Å². The van der Waals surface area contributed by atoms with Crippen LogP contribution in [0.15, 0.2) is 18.2 Å². The highest BCUT2D eigenvalue weighted by atomic mass is 35.5. The maximum atomic E-state index is 10.8. The van der Waals surface area contributed by atoms with Crippen LogP contribution in [-0.4, -0.2) is 11.0 Å². The van der Waals surface area contributed by atoms with Gasteiger partial charge in [-0.05, 0) is 29.9 Å². The van der Waals surface area contributed by atoms with Gasteiger partial charge in [-0.2, -0.15) is 0 Å². The van der Waals surface area contributed by atoms with Crippen molar-refractivity contribution in [3.05, 3.63) is 38.9 Å². The number of nitro benzene ring substituents is 1. The first-order valence-corrected chi connectivity index (χ1v) is 6.94. The van der Waals surface area contributed by atoms with Crippen molar-refractivity contribution in [3.63, 3.8) is 0 Å². The zero-order valence-electron chi connectivity index (χ0n) is 11.3. The van der Waals surface area contributed by atoms with Crippen LogP contribution in [0.3, 0.4) is 0 Å². The van der Waals surface area contributed by atoms with E-state index in [4.69, 9.17) is 11.6 Å². The van der Waals surface area contributed by atoms with Crippen LogP contribution >= 0.6 is 11.6 Å². The fourth-order valence-electron chi connectivity index (χ4n) is 2.75. The summed E-state index contributed by atoms with van der Waals surface area (Å²) in [5, 5.41) is 14.8. The average molecular weight is 283 g/mol. The van der Waals surface area contributed by atoms with E-state index in [0.717, 1.165) is 12.0 Å². The average Bonchev–Trinajstić information content (AvgIpc) is 2.67. The first-order chi connectivity index (χ1) is 8.90. The Balaban J connectivity index is 2.07. The third-order valence-corrected chi connectivity index (χ3v) is 4.40. The summed E-state index contributed by atoms with van der Waals surface area (Å²) in [4.78, 5) is 10.4. The molecule has 1 unspecified atom stereocenters. The Morgan fingerprint density at radius 2 is 2.26 bits per heavy atom. The largest absolute Gasteiger partial charge is 0.309 e. The number of hydrogen-bond donors (Lipinski definition) is 1. The number of benzene rings is 1. The molecule has 0 heterocycles. The van der Waals surface area contributed by atoms with Crippen molar-refractivity contribution < 1.29 is 4.92 Å². The second kappa shape index (κ2) is 5.47. The second-order valence-corrected chi connectivity index (χ2v) is 6.25. The number of nitrogens with zero attached hydrogens (tertiary/aromatic N) is 1. The monoisotopic (exact) mass is 282 g/mol. The predicted octanol–water partition coefficient (Wildman–Crippen LogP) is 3.92. The molecule has 1 N–H and O–H groups in total. The van der Waals surface area contributed by atoms with Crippen LogP contribution in [0.4, 0.5) is 5.69 Å². The lowest BCUT2D eigenvalue weighted by molar-refractivity contribution is -0.384. The Hall–Kier alpha value is -1.13. The van der Waals surface area contributed by atoms with Crippen molar-refractivity contribution >= 4 is 17.3 Å². The Morgan fingerprint density at radius 3 is 2.84 bits per heavy atom. The summed E-state index contributed by atoms with van der Waals surface area (Å²) in [6.07, 6.45) is 3.60. The van der Waals surface area contributed by atoms with E-state index in [0.29, 0.717) is 17.6 Å². The summed E-state index contributed by atoms with van der Waals surface area (Å²) < 4.78 is 0. The third kappa shape index (κ3) is 3.25. The van der Waals surface area contributed by atoms with Gasteiger partial charge in [0.15, 0.2) is 0 Å². The molecule has 0 radical (unpaired) electrons. The molecule has 1 atom stereocenters. The molecule has 1 aliphatic rings. The van der Waals surface area contributed by atoms with Crippen LogP contribution in [-0.2, 0) is 6.54 Å². The molecule has 19 heavy (non-hydrogen) atoms. The van der Waals surface area contributed by atoms with Gasteiger partial charge in [-0.25, -0.2) is 0 Å². The number of rotatable bonds is 4. The third-order valence-electron chi connectivity index (χ3n) is 4.04. The molecule has 104 valence electrons. The van der Waals surface area contributed by atoms with Crippen LogP contribution in [0.1, 0.15) is 38.7 Å². The minimum absolute atomic E-state index is 0.0897. The van der Waals surface area contributed by atoms with Crippen molar-refractivity contribution in [1.82, 2.24) is 5.32 Å². The van der Waals surface area contributed by atoms with E-state index in [-0.39, 0.29) is 16.0 Å². The highest BCUT2D eigenvalue weighted by Gasteiger charge is 2.33. The molecule has 1 aromatic carbocycles. The molecule has 1 aromatic rings. The lowest BCUT2D eigenvalue weighted by Gasteiger charge is -2.28. The van der Waals surface area contributed by atoms with E-state index in [1.807, 2.05) is 0 Å². The Bertz CT molecular complexity index is 488. The Morgan fingerprint density at radius 1 is 1.53 bits per heavy atom. The molecule has 0 bridgehead atoms. The summed E-state index contributed by atoms with van der Waals surface area (Å²) in [6.45, 7) is 5.09. The van der Waals surface area contributed by atoms with Crippen LogP contribution in [0.25, 0.3) is 0 Å². The van der Waals surface area contributed by atoms with E-state index in [1.54, 1.807) is 12.1 Å². The van der Waals surface area contributed by atoms with Crippen LogP contribution in [0, 0.1) is 15.5 Å². The molecule has 0 spiro atoms. The minimum Gasteiger partial charge on any atom is -0.309 e. The number of nitrogens with one attached hydrogen (secondary N) is 1. The van der Waals surface area contributed by atoms with Crippen molar-refractivity contribution in [2.24, 2.45) is 5.41 Å². The molecule has 2 rings (SSSR count). The lowest BCUT2D eigenvalue weighted by Crippen LogP contribution is -2.37. The number of halogens is 1. The van der Waals surface area contributed by atoms with Crippen molar-refractivity contribution in [2.75, 3.05) is 0 Å². The fourth-order valence-corrected chi connectivity index (χ4v) is 2.93. The number of non-ortho nitro benzene ring substituents is 1. The van der Waals surface area contributed by atoms with Gasteiger partial charge in [0, 0.05) is 29.7 Å². The second-order valence-electron chi connectivity index (χ2n) is 5.85. The van der Waals surface area contributed by atoms with Gasteiger partial charge in [0.25, 0.3) is 5.69 Å². The summed E-state index contributed by atoms with van der Waals surface area (Å²) in [7, 11) is 0. The smallest absolute Gasteiger partial charge is 0.269 e. The highest BCUT2D eigenvalue weighted by molar-refractivity contribution is 6.31. The lowest BCUT2D eigenvalue weighted by atomic mass is 9.87. The molecule has 1 saturated carbocycles. The quantitative estimate of drug-likeness (QED) is 0.673. The molecule has 4 nitrogen and oxygen atoms in total. The first kappa shape index (κ1) is 14.3. The Labute approximate surface area is 118 Å². The molecule has 1 fully saturated rings. The summed E-state index contributed by atoms with van der Waals surface area (Å²) in [6, 6.07) is 5.03. The van der Waals surface area contributed by atoms with Gasteiger partial charge in [0.1, 0.15) is 0 Å². The molecule has 1 aliphatic carbocycles. The SMILES string of the molecule is CC1(C)CCCC1NCc1cc([N+](=O)[O-])ccc1Cl. The van der Waals surface area contributed by atoms with E-state index in [1.165, 1.54) is 18.9 Å². The van der Waals surface area contributed by atoms with Crippen LogP contribution in [0.5, 0.6) is 0 Å². The van der Waals surface area contributed by atoms with Crippen molar-refractivity contribution in [1.29, 1.82) is 0 Å².